The highest BCUT2D eigenvalue weighted by atomic mass is 19.4. The minimum atomic E-state index is -4.17. The summed E-state index contributed by atoms with van der Waals surface area (Å²) in [6.07, 6.45) is -4.17. The molecule has 2 N–H and O–H groups in total. The molecule has 96 valence electrons. The number of piperazine rings is 1. The summed E-state index contributed by atoms with van der Waals surface area (Å²) in [5.74, 6) is -1.39. The SMILES string of the molecule is CCN1CCN(CC(CN)C(F)(F)F)CC1. The molecule has 1 saturated heterocycles. The maximum absolute atomic E-state index is 12.5. The molecule has 0 spiro atoms. The number of hydrogen-bond donors (Lipinski definition) is 1. The Balaban J connectivity index is 2.37. The number of halogens is 3. The van der Waals surface area contributed by atoms with Crippen LogP contribution in [0.2, 0.25) is 0 Å². The van der Waals surface area contributed by atoms with E-state index in [1.54, 1.807) is 0 Å². The minimum absolute atomic E-state index is 0.0392. The summed E-state index contributed by atoms with van der Waals surface area (Å²) in [6, 6.07) is 0. The van der Waals surface area contributed by atoms with E-state index in [0.717, 1.165) is 19.6 Å². The van der Waals surface area contributed by atoms with E-state index in [-0.39, 0.29) is 13.1 Å². The van der Waals surface area contributed by atoms with Gasteiger partial charge in [0, 0.05) is 39.3 Å². The van der Waals surface area contributed by atoms with E-state index in [0.29, 0.717) is 13.1 Å². The fraction of sp³-hybridized carbons (Fsp3) is 1.00. The van der Waals surface area contributed by atoms with Crippen molar-refractivity contribution in [3.63, 3.8) is 0 Å². The van der Waals surface area contributed by atoms with Gasteiger partial charge in [-0.25, -0.2) is 0 Å². The van der Waals surface area contributed by atoms with Crippen molar-refractivity contribution in [3.8, 4) is 0 Å². The molecule has 6 heteroatoms. The van der Waals surface area contributed by atoms with E-state index in [2.05, 4.69) is 11.8 Å². The van der Waals surface area contributed by atoms with Gasteiger partial charge in [0.05, 0.1) is 5.92 Å². The lowest BCUT2D eigenvalue weighted by molar-refractivity contribution is -0.177. The Morgan fingerprint density at radius 2 is 1.62 bits per heavy atom. The Kier molecular flexibility index (Phi) is 5.01. The highest BCUT2D eigenvalue weighted by molar-refractivity contribution is 4.77. The number of nitrogens with two attached hydrogens (primary N) is 1. The van der Waals surface area contributed by atoms with Crippen molar-refractivity contribution in [2.45, 2.75) is 13.1 Å². The van der Waals surface area contributed by atoms with Crippen LogP contribution in [-0.2, 0) is 0 Å². The predicted molar refractivity (Wildman–Crippen MR) is 57.2 cm³/mol. The number of nitrogens with zero attached hydrogens (tertiary/aromatic N) is 2. The molecular weight excluding hydrogens is 219 g/mol. The third-order valence-corrected chi connectivity index (χ3v) is 3.14. The first kappa shape index (κ1) is 13.7. The van der Waals surface area contributed by atoms with Gasteiger partial charge in [0.2, 0.25) is 0 Å². The summed E-state index contributed by atoms with van der Waals surface area (Å²) >= 11 is 0. The second-order valence-electron chi connectivity index (χ2n) is 4.21. The monoisotopic (exact) mass is 239 g/mol. The standard InChI is InChI=1S/C10H20F3N3/c1-2-15-3-5-16(6-4-15)8-9(7-14)10(11,12)13/h9H,2-8,14H2,1H3. The van der Waals surface area contributed by atoms with Crippen LogP contribution in [0.5, 0.6) is 0 Å². The van der Waals surface area contributed by atoms with Crippen molar-refractivity contribution in [2.24, 2.45) is 11.7 Å². The van der Waals surface area contributed by atoms with Crippen molar-refractivity contribution in [1.29, 1.82) is 0 Å². The van der Waals surface area contributed by atoms with E-state index in [1.165, 1.54) is 0 Å². The lowest BCUT2D eigenvalue weighted by Crippen LogP contribution is -2.50. The molecule has 1 aliphatic rings. The third-order valence-electron chi connectivity index (χ3n) is 3.14. The van der Waals surface area contributed by atoms with Crippen LogP contribution in [0.1, 0.15) is 6.92 Å². The van der Waals surface area contributed by atoms with Gasteiger partial charge in [0.25, 0.3) is 0 Å². The van der Waals surface area contributed by atoms with Gasteiger partial charge in [0.15, 0.2) is 0 Å². The topological polar surface area (TPSA) is 32.5 Å². The molecule has 1 fully saturated rings. The van der Waals surface area contributed by atoms with Crippen molar-refractivity contribution in [3.05, 3.63) is 0 Å². The van der Waals surface area contributed by atoms with Crippen molar-refractivity contribution < 1.29 is 13.2 Å². The van der Waals surface area contributed by atoms with Crippen molar-refractivity contribution >= 4 is 0 Å². The Morgan fingerprint density at radius 1 is 1.12 bits per heavy atom. The first-order valence-electron chi connectivity index (χ1n) is 5.68. The highest BCUT2D eigenvalue weighted by Gasteiger charge is 2.39. The Labute approximate surface area is 94.4 Å². The second kappa shape index (κ2) is 5.84. The van der Waals surface area contributed by atoms with Crippen LogP contribution in [0, 0.1) is 5.92 Å². The lowest BCUT2D eigenvalue weighted by atomic mass is 10.1. The van der Waals surface area contributed by atoms with Crippen molar-refractivity contribution in [2.75, 3.05) is 45.8 Å². The molecule has 0 aromatic rings. The summed E-state index contributed by atoms with van der Waals surface area (Å²) in [7, 11) is 0. The maximum Gasteiger partial charge on any atom is 0.394 e. The molecule has 0 bridgehead atoms. The molecule has 0 aliphatic carbocycles. The normalized spacial score (nSPS) is 22.3. The first-order chi connectivity index (χ1) is 7.47. The molecule has 1 atom stereocenters. The van der Waals surface area contributed by atoms with Gasteiger partial charge in [0.1, 0.15) is 0 Å². The van der Waals surface area contributed by atoms with Crippen LogP contribution in [0.4, 0.5) is 13.2 Å². The Hall–Kier alpha value is -0.330. The zero-order valence-electron chi connectivity index (χ0n) is 9.63. The van der Waals surface area contributed by atoms with Gasteiger partial charge < -0.3 is 15.5 Å². The molecule has 0 aromatic heterocycles. The Bertz CT molecular complexity index is 200. The molecule has 0 radical (unpaired) electrons. The van der Waals surface area contributed by atoms with Crippen LogP contribution in [0.25, 0.3) is 0 Å². The average molecular weight is 239 g/mol. The number of hydrogen-bond acceptors (Lipinski definition) is 3. The highest BCUT2D eigenvalue weighted by Crippen LogP contribution is 2.26. The van der Waals surface area contributed by atoms with Crippen LogP contribution in [-0.4, -0.2) is 61.8 Å². The molecule has 1 heterocycles. The van der Waals surface area contributed by atoms with E-state index in [9.17, 15) is 13.2 Å². The van der Waals surface area contributed by atoms with Gasteiger partial charge in [-0.2, -0.15) is 13.2 Å². The summed E-state index contributed by atoms with van der Waals surface area (Å²) in [5.41, 5.74) is 5.17. The van der Waals surface area contributed by atoms with Gasteiger partial charge in [-0.3, -0.25) is 0 Å². The van der Waals surface area contributed by atoms with Crippen LogP contribution >= 0.6 is 0 Å². The molecule has 1 aliphatic heterocycles. The fourth-order valence-corrected chi connectivity index (χ4v) is 1.91. The summed E-state index contributed by atoms with van der Waals surface area (Å²) in [4.78, 5) is 4.10. The number of likely N-dealkylation sites (N-methyl/N-ethyl adjacent to an activating group) is 1. The fourth-order valence-electron chi connectivity index (χ4n) is 1.91. The van der Waals surface area contributed by atoms with E-state index < -0.39 is 12.1 Å². The summed E-state index contributed by atoms with van der Waals surface area (Å²) in [6.45, 7) is 5.87. The molecule has 16 heavy (non-hydrogen) atoms. The zero-order valence-corrected chi connectivity index (χ0v) is 9.63. The van der Waals surface area contributed by atoms with E-state index in [4.69, 9.17) is 5.73 Å². The molecule has 0 aromatic carbocycles. The molecule has 1 rings (SSSR count). The van der Waals surface area contributed by atoms with Gasteiger partial charge >= 0.3 is 6.18 Å². The summed E-state index contributed by atoms with van der Waals surface area (Å²) < 4.78 is 37.5. The first-order valence-corrected chi connectivity index (χ1v) is 5.68. The average Bonchev–Trinajstić information content (AvgIpc) is 2.25. The molecule has 1 unspecified atom stereocenters. The molecular formula is C10H20F3N3. The third kappa shape index (κ3) is 3.92. The Morgan fingerprint density at radius 3 is 2.00 bits per heavy atom. The molecule has 3 nitrogen and oxygen atoms in total. The van der Waals surface area contributed by atoms with Gasteiger partial charge in [-0.15, -0.1) is 0 Å². The van der Waals surface area contributed by atoms with E-state index >= 15 is 0 Å². The largest absolute Gasteiger partial charge is 0.394 e. The molecule has 0 amide bonds. The van der Waals surface area contributed by atoms with Crippen LogP contribution in [0.3, 0.4) is 0 Å². The maximum atomic E-state index is 12.5. The van der Waals surface area contributed by atoms with Crippen molar-refractivity contribution in [1.82, 2.24) is 9.80 Å². The zero-order chi connectivity index (χ0) is 12.2. The minimum Gasteiger partial charge on any atom is -0.330 e. The quantitative estimate of drug-likeness (QED) is 0.786. The van der Waals surface area contributed by atoms with Gasteiger partial charge in [-0.05, 0) is 6.54 Å². The lowest BCUT2D eigenvalue weighted by Gasteiger charge is -2.36. The van der Waals surface area contributed by atoms with Crippen LogP contribution in [0.15, 0.2) is 0 Å². The summed E-state index contributed by atoms with van der Waals surface area (Å²) in [5, 5.41) is 0. The number of alkyl halides is 3. The molecule has 0 saturated carbocycles. The predicted octanol–water partition coefficient (Wildman–Crippen LogP) is 0.761. The number of rotatable bonds is 4. The van der Waals surface area contributed by atoms with Crippen LogP contribution < -0.4 is 5.73 Å². The second-order valence-corrected chi connectivity index (χ2v) is 4.21. The van der Waals surface area contributed by atoms with E-state index in [1.807, 2.05) is 4.90 Å². The smallest absolute Gasteiger partial charge is 0.330 e. The van der Waals surface area contributed by atoms with Gasteiger partial charge in [-0.1, -0.05) is 6.92 Å².